The van der Waals surface area contributed by atoms with Gasteiger partial charge in [-0.25, -0.2) is 4.98 Å². The number of fused-ring (bicyclic) bond motifs is 3. The minimum absolute atomic E-state index is 0.214. The molecule has 2 N–H and O–H groups in total. The predicted octanol–water partition coefficient (Wildman–Crippen LogP) is 6.05. The van der Waals surface area contributed by atoms with Gasteiger partial charge in [0.25, 0.3) is 0 Å². The van der Waals surface area contributed by atoms with Crippen molar-refractivity contribution < 1.29 is 10.2 Å². The smallest absolute Gasteiger partial charge is 0.119 e. The van der Waals surface area contributed by atoms with Crippen LogP contribution in [0.5, 0.6) is 11.5 Å². The zero-order chi connectivity index (χ0) is 19.3. The molecule has 0 spiro atoms. The summed E-state index contributed by atoms with van der Waals surface area (Å²) in [7, 11) is 0. The van der Waals surface area contributed by atoms with Crippen LogP contribution < -0.4 is 0 Å². The van der Waals surface area contributed by atoms with Crippen molar-refractivity contribution >= 4 is 11.6 Å². The minimum atomic E-state index is 0.214. The van der Waals surface area contributed by atoms with Gasteiger partial charge in [0, 0.05) is 28.1 Å². The van der Waals surface area contributed by atoms with Gasteiger partial charge in [0.2, 0.25) is 0 Å². The van der Waals surface area contributed by atoms with Gasteiger partial charge in [-0.3, -0.25) is 0 Å². The number of nitrogens with zero attached hydrogens (tertiary/aromatic N) is 1. The molecular weight excluding hydrogens is 370 g/mol. The molecule has 4 aromatic rings. The Hall–Kier alpha value is -3.30. The van der Waals surface area contributed by atoms with E-state index in [2.05, 4.69) is 0 Å². The molecule has 1 aromatic heterocycles. The number of phenolic OH excluding ortho intramolecular Hbond substituents is 2. The monoisotopic (exact) mass is 385 g/mol. The van der Waals surface area contributed by atoms with Gasteiger partial charge in [-0.2, -0.15) is 0 Å². The van der Waals surface area contributed by atoms with Crippen LogP contribution in [0.1, 0.15) is 11.1 Å². The number of phenols is 2. The van der Waals surface area contributed by atoms with Crippen molar-refractivity contribution in [1.29, 1.82) is 0 Å². The molecule has 0 amide bonds. The highest BCUT2D eigenvalue weighted by Gasteiger charge is 2.26. The van der Waals surface area contributed by atoms with Gasteiger partial charge in [0.1, 0.15) is 11.5 Å². The Morgan fingerprint density at radius 3 is 2.36 bits per heavy atom. The van der Waals surface area contributed by atoms with E-state index in [-0.39, 0.29) is 11.5 Å². The Labute approximate surface area is 167 Å². The number of benzene rings is 3. The molecule has 1 heterocycles. The van der Waals surface area contributed by atoms with E-state index < -0.39 is 0 Å². The number of hydrogen-bond donors (Lipinski definition) is 2. The van der Waals surface area contributed by atoms with Gasteiger partial charge < -0.3 is 10.2 Å². The summed E-state index contributed by atoms with van der Waals surface area (Å²) < 4.78 is 0. The van der Waals surface area contributed by atoms with Gasteiger partial charge in [0.05, 0.1) is 11.4 Å². The molecule has 0 radical (unpaired) electrons. The molecule has 4 heteroatoms. The van der Waals surface area contributed by atoms with Crippen molar-refractivity contribution in [1.82, 2.24) is 4.98 Å². The van der Waals surface area contributed by atoms with Crippen molar-refractivity contribution in [3.63, 3.8) is 0 Å². The molecule has 5 rings (SSSR count). The van der Waals surface area contributed by atoms with E-state index in [0.717, 1.165) is 44.8 Å². The van der Waals surface area contributed by atoms with Crippen molar-refractivity contribution in [2.75, 3.05) is 0 Å². The maximum atomic E-state index is 10.3. The highest BCUT2D eigenvalue weighted by Crippen LogP contribution is 2.45. The molecule has 3 nitrogen and oxygen atoms in total. The standard InChI is InChI=1S/C24H16ClNO2/c25-16-6-1-5-15(10-16)22-13-19(14-4-2-7-17(27)11-14)21-12-20-18(24(21)26-22)8-3-9-23(20)28/h1-11,13,27-28H,12H2. The van der Waals surface area contributed by atoms with Crippen LogP contribution >= 0.6 is 11.6 Å². The molecule has 0 saturated carbocycles. The lowest BCUT2D eigenvalue weighted by molar-refractivity contribution is 0.470. The zero-order valence-electron chi connectivity index (χ0n) is 14.9. The molecule has 1 aliphatic rings. The summed E-state index contributed by atoms with van der Waals surface area (Å²) in [5, 5.41) is 21.0. The Morgan fingerprint density at radius 1 is 0.750 bits per heavy atom. The van der Waals surface area contributed by atoms with E-state index in [1.165, 1.54) is 0 Å². The SMILES string of the molecule is Oc1cccc(-c2cc(-c3cccc(Cl)c3)nc3c2Cc2c(O)cccc2-3)c1. The van der Waals surface area contributed by atoms with E-state index in [4.69, 9.17) is 16.6 Å². The first-order valence-corrected chi connectivity index (χ1v) is 9.38. The Balaban J connectivity index is 1.80. The van der Waals surface area contributed by atoms with Crippen molar-refractivity contribution in [2.24, 2.45) is 0 Å². The number of pyridine rings is 1. The number of aromatic nitrogens is 1. The highest BCUT2D eigenvalue weighted by atomic mass is 35.5. The lowest BCUT2D eigenvalue weighted by Gasteiger charge is -2.13. The maximum absolute atomic E-state index is 10.3. The molecule has 1 aliphatic carbocycles. The second kappa shape index (κ2) is 6.39. The number of rotatable bonds is 2. The summed E-state index contributed by atoms with van der Waals surface area (Å²) in [4.78, 5) is 4.92. The van der Waals surface area contributed by atoms with E-state index >= 15 is 0 Å². The van der Waals surface area contributed by atoms with Gasteiger partial charge in [-0.1, -0.05) is 48.0 Å². The minimum Gasteiger partial charge on any atom is -0.508 e. The van der Waals surface area contributed by atoms with Crippen LogP contribution in [0.2, 0.25) is 5.02 Å². The third-order valence-electron chi connectivity index (χ3n) is 5.16. The fourth-order valence-corrected chi connectivity index (χ4v) is 4.05. The molecule has 28 heavy (non-hydrogen) atoms. The summed E-state index contributed by atoms with van der Waals surface area (Å²) >= 11 is 6.20. The zero-order valence-corrected chi connectivity index (χ0v) is 15.6. The van der Waals surface area contributed by atoms with E-state index in [1.807, 2.05) is 54.6 Å². The summed E-state index contributed by atoms with van der Waals surface area (Å²) in [6.45, 7) is 0. The van der Waals surface area contributed by atoms with Crippen LogP contribution in [0.4, 0.5) is 0 Å². The van der Waals surface area contributed by atoms with Crippen LogP contribution in [0.25, 0.3) is 33.6 Å². The van der Waals surface area contributed by atoms with Crippen molar-refractivity contribution in [3.8, 4) is 45.1 Å². The van der Waals surface area contributed by atoms with Crippen LogP contribution in [0.15, 0.2) is 72.8 Å². The van der Waals surface area contributed by atoms with Crippen molar-refractivity contribution in [2.45, 2.75) is 6.42 Å². The average Bonchev–Trinajstić information content (AvgIpc) is 3.07. The third-order valence-corrected chi connectivity index (χ3v) is 5.40. The second-order valence-corrected chi connectivity index (χ2v) is 7.36. The van der Waals surface area contributed by atoms with E-state index in [0.29, 0.717) is 11.4 Å². The van der Waals surface area contributed by atoms with Gasteiger partial charge in [-0.05, 0) is 53.1 Å². The van der Waals surface area contributed by atoms with Gasteiger partial charge in [0.15, 0.2) is 0 Å². The molecular formula is C24H16ClNO2. The fourth-order valence-electron chi connectivity index (χ4n) is 3.86. The van der Waals surface area contributed by atoms with Crippen LogP contribution in [0.3, 0.4) is 0 Å². The lowest BCUT2D eigenvalue weighted by atomic mass is 9.96. The second-order valence-electron chi connectivity index (χ2n) is 6.92. The predicted molar refractivity (Wildman–Crippen MR) is 112 cm³/mol. The van der Waals surface area contributed by atoms with E-state index in [9.17, 15) is 10.2 Å². The molecule has 0 aliphatic heterocycles. The fraction of sp³-hybridized carbons (Fsp3) is 0.0417. The first-order chi connectivity index (χ1) is 13.6. The number of halogens is 1. The summed E-state index contributed by atoms with van der Waals surface area (Å²) in [5.74, 6) is 0.493. The Kier molecular flexibility index (Phi) is 3.85. The Bertz CT molecular complexity index is 1230. The molecule has 0 unspecified atom stereocenters. The van der Waals surface area contributed by atoms with Crippen molar-refractivity contribution in [3.05, 3.63) is 88.9 Å². The number of hydrogen-bond acceptors (Lipinski definition) is 3. The third kappa shape index (κ3) is 2.72. The molecule has 136 valence electrons. The normalized spacial score (nSPS) is 11.9. The summed E-state index contributed by atoms with van der Waals surface area (Å²) in [5.41, 5.74) is 7.37. The molecule has 0 bridgehead atoms. The van der Waals surface area contributed by atoms with Crippen LogP contribution in [-0.4, -0.2) is 15.2 Å². The lowest BCUT2D eigenvalue weighted by Crippen LogP contribution is -1.94. The maximum Gasteiger partial charge on any atom is 0.119 e. The molecule has 0 fully saturated rings. The molecule has 3 aromatic carbocycles. The first-order valence-electron chi connectivity index (χ1n) is 9.00. The van der Waals surface area contributed by atoms with Crippen LogP contribution in [0, 0.1) is 0 Å². The van der Waals surface area contributed by atoms with Gasteiger partial charge >= 0.3 is 0 Å². The largest absolute Gasteiger partial charge is 0.508 e. The topological polar surface area (TPSA) is 53.4 Å². The van der Waals surface area contributed by atoms with E-state index in [1.54, 1.807) is 18.2 Å². The summed E-state index contributed by atoms with van der Waals surface area (Å²) in [6, 6.07) is 22.4. The Morgan fingerprint density at radius 2 is 1.54 bits per heavy atom. The highest BCUT2D eigenvalue weighted by molar-refractivity contribution is 6.30. The summed E-state index contributed by atoms with van der Waals surface area (Å²) in [6.07, 6.45) is 0.602. The first kappa shape index (κ1) is 16.8. The van der Waals surface area contributed by atoms with Gasteiger partial charge in [-0.15, -0.1) is 0 Å². The average molecular weight is 386 g/mol. The number of aromatic hydroxyl groups is 2. The molecule has 0 atom stereocenters. The van der Waals surface area contributed by atoms with Crippen LogP contribution in [-0.2, 0) is 6.42 Å². The molecule has 0 saturated heterocycles. The quantitative estimate of drug-likeness (QED) is 0.389.